The summed E-state index contributed by atoms with van der Waals surface area (Å²) in [6.07, 6.45) is 0. The number of hydrogen-bond acceptors (Lipinski definition) is 6. The molecule has 6 heteroatoms. The highest BCUT2D eigenvalue weighted by molar-refractivity contribution is 5.59. The summed E-state index contributed by atoms with van der Waals surface area (Å²) in [6.45, 7) is 5.96. The predicted molar refractivity (Wildman–Crippen MR) is 113 cm³/mol. The van der Waals surface area contributed by atoms with Gasteiger partial charge in [0.25, 0.3) is 0 Å². The molecule has 0 spiro atoms. The lowest BCUT2D eigenvalue weighted by molar-refractivity contribution is 0.311. The molecule has 1 aliphatic heterocycles. The highest BCUT2D eigenvalue weighted by Gasteiger charge is 2.17. The topological polar surface area (TPSA) is 53.5 Å². The molecule has 0 radical (unpaired) electrons. The minimum absolute atomic E-state index is 0.791. The molecular formula is C22H25N5O. The average molecular weight is 375 g/mol. The molecule has 1 N–H and O–H groups in total. The molecule has 4 rings (SSSR count). The first kappa shape index (κ1) is 18.3. The van der Waals surface area contributed by atoms with Crippen molar-refractivity contribution in [3.63, 3.8) is 0 Å². The summed E-state index contributed by atoms with van der Waals surface area (Å²) in [5, 5.41) is 3.38. The van der Waals surface area contributed by atoms with Crippen molar-refractivity contribution >= 4 is 17.5 Å². The number of likely N-dealkylation sites (N-methyl/N-ethyl adjacent to an activating group) is 1. The van der Waals surface area contributed by atoms with Gasteiger partial charge in [-0.25, -0.2) is 4.98 Å². The van der Waals surface area contributed by atoms with Crippen LogP contribution in [-0.2, 0) is 0 Å². The summed E-state index contributed by atoms with van der Waals surface area (Å²) in [4.78, 5) is 13.9. The molecule has 0 bridgehead atoms. The van der Waals surface area contributed by atoms with E-state index in [0.29, 0.717) is 0 Å². The molecule has 2 heterocycles. The Labute approximate surface area is 165 Å². The number of piperazine rings is 1. The Bertz CT molecular complexity index is 906. The third-order valence-corrected chi connectivity index (χ3v) is 4.73. The molecule has 28 heavy (non-hydrogen) atoms. The molecule has 1 fully saturated rings. The number of aryl methyl sites for hydroxylation is 1. The Morgan fingerprint density at radius 1 is 0.857 bits per heavy atom. The van der Waals surface area contributed by atoms with Crippen LogP contribution in [0.15, 0.2) is 60.7 Å². The number of rotatable bonds is 5. The number of ether oxygens (including phenoxy) is 1. The first-order chi connectivity index (χ1) is 13.7. The van der Waals surface area contributed by atoms with Crippen molar-refractivity contribution in [2.45, 2.75) is 6.92 Å². The van der Waals surface area contributed by atoms with E-state index in [2.05, 4.69) is 27.1 Å². The lowest BCUT2D eigenvalue weighted by atomic mass is 10.3. The van der Waals surface area contributed by atoms with Gasteiger partial charge in [-0.15, -0.1) is 0 Å². The van der Waals surface area contributed by atoms with Gasteiger partial charge in [0.2, 0.25) is 5.95 Å². The predicted octanol–water partition coefficient (Wildman–Crippen LogP) is 4.07. The number of anilines is 3. The van der Waals surface area contributed by atoms with Crippen LogP contribution in [-0.4, -0.2) is 48.1 Å². The van der Waals surface area contributed by atoms with E-state index < -0.39 is 0 Å². The summed E-state index contributed by atoms with van der Waals surface area (Å²) < 4.78 is 5.85. The second kappa shape index (κ2) is 8.27. The lowest BCUT2D eigenvalue weighted by Gasteiger charge is -2.32. The Kier molecular flexibility index (Phi) is 5.39. The van der Waals surface area contributed by atoms with Gasteiger partial charge >= 0.3 is 0 Å². The molecule has 0 saturated carbocycles. The van der Waals surface area contributed by atoms with Crippen molar-refractivity contribution in [2.24, 2.45) is 0 Å². The monoisotopic (exact) mass is 375 g/mol. The third-order valence-electron chi connectivity index (χ3n) is 4.73. The minimum Gasteiger partial charge on any atom is -0.457 e. The summed E-state index contributed by atoms with van der Waals surface area (Å²) in [6, 6.07) is 19.6. The molecule has 1 aliphatic rings. The summed E-state index contributed by atoms with van der Waals surface area (Å²) in [7, 11) is 2.15. The number of nitrogens with one attached hydrogen (secondary N) is 1. The van der Waals surface area contributed by atoms with Crippen molar-refractivity contribution in [1.29, 1.82) is 0 Å². The number of nitrogens with zero attached hydrogens (tertiary/aromatic N) is 4. The normalized spacial score (nSPS) is 14.7. The fourth-order valence-electron chi connectivity index (χ4n) is 3.14. The van der Waals surface area contributed by atoms with E-state index in [9.17, 15) is 0 Å². The lowest BCUT2D eigenvalue weighted by Crippen LogP contribution is -2.45. The summed E-state index contributed by atoms with van der Waals surface area (Å²) >= 11 is 0. The molecule has 3 aromatic rings. The van der Waals surface area contributed by atoms with Crippen LogP contribution in [0.25, 0.3) is 0 Å². The zero-order valence-corrected chi connectivity index (χ0v) is 16.3. The van der Waals surface area contributed by atoms with Crippen LogP contribution >= 0.6 is 0 Å². The Morgan fingerprint density at radius 2 is 1.54 bits per heavy atom. The Hall–Kier alpha value is -3.12. The summed E-state index contributed by atoms with van der Waals surface area (Å²) in [5.41, 5.74) is 1.92. The second-order valence-corrected chi connectivity index (χ2v) is 7.05. The van der Waals surface area contributed by atoms with Gasteiger partial charge in [-0.3, -0.25) is 0 Å². The van der Waals surface area contributed by atoms with Crippen molar-refractivity contribution in [3.8, 4) is 11.5 Å². The first-order valence-electron chi connectivity index (χ1n) is 9.55. The fourth-order valence-corrected chi connectivity index (χ4v) is 3.14. The average Bonchev–Trinajstić information content (AvgIpc) is 2.70. The molecule has 0 aliphatic carbocycles. The van der Waals surface area contributed by atoms with E-state index in [4.69, 9.17) is 9.72 Å². The minimum atomic E-state index is 0.791. The van der Waals surface area contributed by atoms with E-state index >= 15 is 0 Å². The Morgan fingerprint density at radius 3 is 2.25 bits per heavy atom. The van der Waals surface area contributed by atoms with E-state index in [1.165, 1.54) is 0 Å². The quantitative estimate of drug-likeness (QED) is 0.725. The van der Waals surface area contributed by atoms with Gasteiger partial charge in [0, 0.05) is 43.6 Å². The van der Waals surface area contributed by atoms with Crippen LogP contribution in [0.2, 0.25) is 0 Å². The molecule has 0 unspecified atom stereocenters. The van der Waals surface area contributed by atoms with Gasteiger partial charge in [-0.1, -0.05) is 18.2 Å². The van der Waals surface area contributed by atoms with Crippen molar-refractivity contribution in [1.82, 2.24) is 14.9 Å². The number of aromatic nitrogens is 2. The smallest absolute Gasteiger partial charge is 0.227 e. The van der Waals surface area contributed by atoms with Gasteiger partial charge in [0.05, 0.1) is 0 Å². The first-order valence-corrected chi connectivity index (χ1v) is 9.55. The largest absolute Gasteiger partial charge is 0.457 e. The molecule has 0 amide bonds. The summed E-state index contributed by atoms with van der Waals surface area (Å²) in [5.74, 6) is 3.22. The highest BCUT2D eigenvalue weighted by Crippen LogP contribution is 2.24. The molecule has 144 valence electrons. The van der Waals surface area contributed by atoms with Crippen LogP contribution in [0, 0.1) is 6.92 Å². The van der Waals surface area contributed by atoms with Crippen molar-refractivity contribution in [3.05, 3.63) is 66.4 Å². The second-order valence-electron chi connectivity index (χ2n) is 7.05. The van der Waals surface area contributed by atoms with Gasteiger partial charge in [0.1, 0.15) is 17.3 Å². The van der Waals surface area contributed by atoms with Crippen LogP contribution in [0.4, 0.5) is 17.5 Å². The van der Waals surface area contributed by atoms with Crippen LogP contribution < -0.4 is 15.0 Å². The number of para-hydroxylation sites is 1. The standard InChI is InChI=1S/C22H25N5O/c1-17-16-21(25-22(23-17)27-14-12-26(2)13-15-27)24-18-8-10-20(11-9-18)28-19-6-4-3-5-7-19/h3-11,16H,12-15H2,1-2H3,(H,23,24,25). The zero-order chi connectivity index (χ0) is 19.3. The van der Waals surface area contributed by atoms with E-state index in [-0.39, 0.29) is 0 Å². The SMILES string of the molecule is Cc1cc(Nc2ccc(Oc3ccccc3)cc2)nc(N2CCN(C)CC2)n1. The van der Waals surface area contributed by atoms with Crippen LogP contribution in [0.3, 0.4) is 0 Å². The van der Waals surface area contributed by atoms with Gasteiger partial charge in [-0.05, 0) is 50.4 Å². The number of benzene rings is 2. The van der Waals surface area contributed by atoms with Crippen molar-refractivity contribution < 1.29 is 4.74 Å². The molecule has 2 aromatic carbocycles. The van der Waals surface area contributed by atoms with Gasteiger partial charge < -0.3 is 19.9 Å². The fraction of sp³-hybridized carbons (Fsp3) is 0.273. The van der Waals surface area contributed by atoms with E-state index in [1.54, 1.807) is 0 Å². The van der Waals surface area contributed by atoms with Crippen molar-refractivity contribution in [2.75, 3.05) is 43.4 Å². The van der Waals surface area contributed by atoms with Crippen LogP contribution in [0.1, 0.15) is 5.69 Å². The molecular weight excluding hydrogens is 350 g/mol. The van der Waals surface area contributed by atoms with Crippen LogP contribution in [0.5, 0.6) is 11.5 Å². The van der Waals surface area contributed by atoms with Gasteiger partial charge in [-0.2, -0.15) is 4.98 Å². The zero-order valence-electron chi connectivity index (χ0n) is 16.3. The highest BCUT2D eigenvalue weighted by atomic mass is 16.5. The number of hydrogen-bond donors (Lipinski definition) is 1. The Balaban J connectivity index is 1.45. The maximum absolute atomic E-state index is 5.85. The molecule has 1 saturated heterocycles. The molecule has 0 atom stereocenters. The maximum Gasteiger partial charge on any atom is 0.227 e. The maximum atomic E-state index is 5.85. The van der Waals surface area contributed by atoms with E-state index in [1.807, 2.05) is 67.6 Å². The van der Waals surface area contributed by atoms with E-state index in [0.717, 1.165) is 60.8 Å². The molecule has 6 nitrogen and oxygen atoms in total. The van der Waals surface area contributed by atoms with Gasteiger partial charge in [0.15, 0.2) is 0 Å². The molecule has 1 aromatic heterocycles. The third kappa shape index (κ3) is 4.58.